The van der Waals surface area contributed by atoms with Gasteiger partial charge in [-0.2, -0.15) is 0 Å². The van der Waals surface area contributed by atoms with Crippen molar-refractivity contribution < 1.29 is 8.78 Å². The van der Waals surface area contributed by atoms with Gasteiger partial charge in [0.1, 0.15) is 11.6 Å². The van der Waals surface area contributed by atoms with Gasteiger partial charge >= 0.3 is 0 Å². The van der Waals surface area contributed by atoms with Crippen molar-refractivity contribution >= 4 is 5.52 Å². The highest BCUT2D eigenvalue weighted by atomic mass is 19.1. The van der Waals surface area contributed by atoms with E-state index in [1.165, 1.54) is 28.8 Å². The first kappa shape index (κ1) is 18.1. The summed E-state index contributed by atoms with van der Waals surface area (Å²) < 4.78 is 28.8. The van der Waals surface area contributed by atoms with Crippen LogP contribution in [0.25, 0.3) is 27.8 Å². The second kappa shape index (κ2) is 7.02. The van der Waals surface area contributed by atoms with Crippen molar-refractivity contribution in [2.75, 3.05) is 0 Å². The molecule has 0 saturated heterocycles. The minimum Gasteiger partial charge on any atom is -0.324 e. The third kappa shape index (κ3) is 3.00. The van der Waals surface area contributed by atoms with Crippen LogP contribution >= 0.6 is 0 Å². The Balaban J connectivity index is 2.23. The van der Waals surface area contributed by atoms with E-state index in [0.29, 0.717) is 33.3 Å². The standard InChI is InChI=1S/C23H18F2N2O/c1-14(26)20-21(16-7-9-17(24)10-8-16)19-12-11-18(25)13-27(19)23(28)22(20)15-5-3-2-4-6-15/h2-14H,26H2,1H3/t14-/m1/s1. The first-order valence-electron chi connectivity index (χ1n) is 8.92. The number of nitrogens with two attached hydrogens (primary N) is 1. The summed E-state index contributed by atoms with van der Waals surface area (Å²) in [6.45, 7) is 1.80. The maximum absolute atomic E-state index is 14.0. The van der Waals surface area contributed by atoms with Gasteiger partial charge in [0.05, 0.1) is 11.1 Å². The highest BCUT2D eigenvalue weighted by molar-refractivity contribution is 5.89. The van der Waals surface area contributed by atoms with E-state index in [0.717, 1.165) is 0 Å². The van der Waals surface area contributed by atoms with Crippen molar-refractivity contribution in [1.29, 1.82) is 0 Å². The topological polar surface area (TPSA) is 47.5 Å². The van der Waals surface area contributed by atoms with Crippen LogP contribution < -0.4 is 11.3 Å². The van der Waals surface area contributed by atoms with Crippen LogP contribution in [-0.2, 0) is 0 Å². The Labute approximate surface area is 160 Å². The predicted molar refractivity (Wildman–Crippen MR) is 107 cm³/mol. The average molecular weight is 376 g/mol. The van der Waals surface area contributed by atoms with Crippen LogP contribution in [-0.4, -0.2) is 4.40 Å². The Bertz CT molecular complexity index is 1210. The van der Waals surface area contributed by atoms with Crippen LogP contribution in [0.3, 0.4) is 0 Å². The molecule has 2 heterocycles. The number of benzene rings is 2. The van der Waals surface area contributed by atoms with E-state index in [1.54, 1.807) is 25.1 Å². The van der Waals surface area contributed by atoms with Crippen LogP contribution in [0.15, 0.2) is 77.7 Å². The monoisotopic (exact) mass is 376 g/mol. The second-order valence-corrected chi connectivity index (χ2v) is 6.73. The molecule has 0 saturated carbocycles. The van der Waals surface area contributed by atoms with Crippen LogP contribution in [0.5, 0.6) is 0 Å². The van der Waals surface area contributed by atoms with E-state index >= 15 is 0 Å². The minimum atomic E-state index is -0.521. The summed E-state index contributed by atoms with van der Waals surface area (Å²) in [7, 11) is 0. The summed E-state index contributed by atoms with van der Waals surface area (Å²) in [5, 5.41) is 0. The summed E-state index contributed by atoms with van der Waals surface area (Å²) in [6.07, 6.45) is 1.17. The first-order chi connectivity index (χ1) is 13.5. The molecule has 28 heavy (non-hydrogen) atoms. The van der Waals surface area contributed by atoms with Crippen LogP contribution in [0.2, 0.25) is 0 Å². The summed E-state index contributed by atoms with van der Waals surface area (Å²) in [5.41, 5.74) is 9.63. The smallest absolute Gasteiger partial charge is 0.263 e. The van der Waals surface area contributed by atoms with Crippen molar-refractivity contribution in [3.05, 3.63) is 100 Å². The first-order valence-corrected chi connectivity index (χ1v) is 8.92. The SMILES string of the molecule is C[C@@H](N)c1c(-c2ccccc2)c(=O)n2cc(F)ccc2c1-c1ccc(F)cc1. The minimum absolute atomic E-state index is 0.348. The molecule has 2 aromatic carbocycles. The number of aromatic nitrogens is 1. The van der Waals surface area contributed by atoms with E-state index in [1.807, 2.05) is 30.3 Å². The van der Waals surface area contributed by atoms with Gasteiger partial charge in [-0.1, -0.05) is 42.5 Å². The van der Waals surface area contributed by atoms with Crippen molar-refractivity contribution in [3.8, 4) is 22.3 Å². The molecule has 0 radical (unpaired) electrons. The lowest BCUT2D eigenvalue weighted by molar-refractivity contribution is 0.618. The normalized spacial score (nSPS) is 12.3. The van der Waals surface area contributed by atoms with Gasteiger partial charge in [0.15, 0.2) is 0 Å². The zero-order valence-electron chi connectivity index (χ0n) is 15.2. The molecule has 0 aliphatic heterocycles. The zero-order chi connectivity index (χ0) is 19.8. The lowest BCUT2D eigenvalue weighted by Crippen LogP contribution is -2.23. The summed E-state index contributed by atoms with van der Waals surface area (Å²) in [5.74, 6) is -0.884. The van der Waals surface area contributed by atoms with Gasteiger partial charge < -0.3 is 5.73 Å². The van der Waals surface area contributed by atoms with E-state index < -0.39 is 11.9 Å². The van der Waals surface area contributed by atoms with E-state index in [2.05, 4.69) is 0 Å². The molecule has 4 rings (SSSR count). The van der Waals surface area contributed by atoms with Gasteiger partial charge in [0.25, 0.3) is 5.56 Å². The average Bonchev–Trinajstić information content (AvgIpc) is 2.69. The Morgan fingerprint density at radius 1 is 0.821 bits per heavy atom. The third-order valence-electron chi connectivity index (χ3n) is 4.79. The van der Waals surface area contributed by atoms with Gasteiger partial charge in [-0.05, 0) is 47.9 Å². The summed E-state index contributed by atoms with van der Waals surface area (Å²) in [4.78, 5) is 13.3. The van der Waals surface area contributed by atoms with Crippen LogP contribution in [0.1, 0.15) is 18.5 Å². The molecule has 0 aliphatic rings. The number of rotatable bonds is 3. The number of fused-ring (bicyclic) bond motifs is 1. The van der Waals surface area contributed by atoms with Crippen LogP contribution in [0.4, 0.5) is 8.78 Å². The molecule has 0 spiro atoms. The van der Waals surface area contributed by atoms with Crippen molar-refractivity contribution in [1.82, 2.24) is 4.40 Å². The Hall–Kier alpha value is -3.31. The fourth-order valence-electron chi connectivity index (χ4n) is 3.60. The molecule has 0 amide bonds. The fourth-order valence-corrected chi connectivity index (χ4v) is 3.60. The number of halogens is 2. The summed E-state index contributed by atoms with van der Waals surface area (Å²) in [6, 6.07) is 17.5. The van der Waals surface area contributed by atoms with E-state index in [9.17, 15) is 13.6 Å². The number of hydrogen-bond donors (Lipinski definition) is 1. The Morgan fingerprint density at radius 3 is 2.07 bits per heavy atom. The molecule has 140 valence electrons. The number of nitrogens with zero attached hydrogens (tertiary/aromatic N) is 1. The quantitative estimate of drug-likeness (QED) is 0.551. The Morgan fingerprint density at radius 2 is 1.43 bits per heavy atom. The second-order valence-electron chi connectivity index (χ2n) is 6.73. The molecule has 4 aromatic rings. The third-order valence-corrected chi connectivity index (χ3v) is 4.79. The molecule has 0 bridgehead atoms. The number of hydrogen-bond acceptors (Lipinski definition) is 2. The van der Waals surface area contributed by atoms with E-state index in [-0.39, 0.29) is 11.4 Å². The molecule has 1 atom stereocenters. The van der Waals surface area contributed by atoms with Gasteiger partial charge in [-0.15, -0.1) is 0 Å². The maximum Gasteiger partial charge on any atom is 0.263 e. The highest BCUT2D eigenvalue weighted by Gasteiger charge is 2.23. The molecule has 0 unspecified atom stereocenters. The van der Waals surface area contributed by atoms with Crippen molar-refractivity contribution in [3.63, 3.8) is 0 Å². The molecular formula is C23H18F2N2O. The zero-order valence-corrected chi connectivity index (χ0v) is 15.2. The van der Waals surface area contributed by atoms with Crippen LogP contribution in [0, 0.1) is 11.6 Å². The Kier molecular flexibility index (Phi) is 4.53. The van der Waals surface area contributed by atoms with E-state index in [4.69, 9.17) is 5.73 Å². The lowest BCUT2D eigenvalue weighted by Gasteiger charge is -2.21. The maximum atomic E-state index is 14.0. The predicted octanol–water partition coefficient (Wildman–Crippen LogP) is 4.93. The molecule has 2 aromatic heterocycles. The molecule has 0 fully saturated rings. The molecule has 2 N–H and O–H groups in total. The number of pyridine rings is 2. The van der Waals surface area contributed by atoms with Gasteiger partial charge in [0.2, 0.25) is 0 Å². The molecular weight excluding hydrogens is 358 g/mol. The van der Waals surface area contributed by atoms with Crippen molar-refractivity contribution in [2.45, 2.75) is 13.0 Å². The van der Waals surface area contributed by atoms with Crippen molar-refractivity contribution in [2.24, 2.45) is 5.73 Å². The van der Waals surface area contributed by atoms with Gasteiger partial charge in [0, 0.05) is 17.8 Å². The molecule has 5 heteroatoms. The molecule has 3 nitrogen and oxygen atoms in total. The van der Waals surface area contributed by atoms with Gasteiger partial charge in [-0.3, -0.25) is 9.20 Å². The highest BCUT2D eigenvalue weighted by Crippen LogP contribution is 2.36. The fraction of sp³-hybridized carbons (Fsp3) is 0.0870. The molecule has 0 aliphatic carbocycles. The lowest BCUT2D eigenvalue weighted by atomic mass is 9.88. The largest absolute Gasteiger partial charge is 0.324 e. The summed E-state index contributed by atoms with van der Waals surface area (Å²) >= 11 is 0. The van der Waals surface area contributed by atoms with Gasteiger partial charge in [-0.25, -0.2) is 8.78 Å².